The minimum absolute atomic E-state index is 0.353. The highest BCUT2D eigenvalue weighted by Gasteiger charge is 2.07. The summed E-state index contributed by atoms with van der Waals surface area (Å²) in [5, 5.41) is 8.34. The molecule has 8 heteroatoms. The van der Waals surface area contributed by atoms with Gasteiger partial charge >= 0.3 is 0 Å². The molecule has 2 aromatic heterocycles. The first kappa shape index (κ1) is 14.9. The van der Waals surface area contributed by atoms with Crippen molar-refractivity contribution in [2.45, 2.75) is 0 Å². The highest BCUT2D eigenvalue weighted by atomic mass is 35.5. The molecule has 6 nitrogen and oxygen atoms in total. The number of hydrogen-bond donors (Lipinski definition) is 0. The van der Waals surface area contributed by atoms with Gasteiger partial charge in [-0.2, -0.15) is 0 Å². The summed E-state index contributed by atoms with van der Waals surface area (Å²) < 4.78 is 10.9. The summed E-state index contributed by atoms with van der Waals surface area (Å²) in [7, 11) is 0. The van der Waals surface area contributed by atoms with Crippen LogP contribution in [-0.2, 0) is 0 Å². The Morgan fingerprint density at radius 1 is 0.958 bits per heavy atom. The van der Waals surface area contributed by atoms with Crippen LogP contribution in [0, 0.1) is 0 Å². The molecule has 0 N–H and O–H groups in total. The van der Waals surface area contributed by atoms with Gasteiger partial charge in [-0.3, -0.25) is 0 Å². The fraction of sp³-hybridized carbons (Fsp3) is 0. The van der Waals surface area contributed by atoms with Gasteiger partial charge in [0.15, 0.2) is 0 Å². The number of aromatic nitrogens is 4. The standard InChI is InChI=1S/C16H8Cl2N4O2/c17-11-5-13-14(6-12(11)18)21-15(7-19-13)24-10-3-1-9(2-4-10)16-22-20-8-23-16/h1-8H. The molecule has 0 unspecified atom stereocenters. The Morgan fingerprint density at radius 3 is 2.42 bits per heavy atom. The molecule has 0 saturated carbocycles. The maximum atomic E-state index is 6.01. The number of rotatable bonds is 3. The number of hydrogen-bond acceptors (Lipinski definition) is 6. The second-order valence-corrected chi connectivity index (χ2v) is 5.65. The van der Waals surface area contributed by atoms with E-state index in [1.165, 1.54) is 12.6 Å². The maximum absolute atomic E-state index is 6.01. The molecular weight excluding hydrogens is 351 g/mol. The molecule has 0 aliphatic heterocycles. The Morgan fingerprint density at radius 2 is 1.71 bits per heavy atom. The van der Waals surface area contributed by atoms with E-state index >= 15 is 0 Å². The van der Waals surface area contributed by atoms with E-state index in [0.29, 0.717) is 38.6 Å². The molecule has 0 saturated heterocycles. The molecule has 4 aromatic rings. The number of nitrogens with zero attached hydrogens (tertiary/aromatic N) is 4. The van der Waals surface area contributed by atoms with Crippen molar-refractivity contribution in [2.75, 3.05) is 0 Å². The lowest BCUT2D eigenvalue weighted by molar-refractivity contribution is 0.463. The number of fused-ring (bicyclic) bond motifs is 1. The van der Waals surface area contributed by atoms with E-state index in [0.717, 1.165) is 5.56 Å². The zero-order chi connectivity index (χ0) is 16.5. The van der Waals surface area contributed by atoms with E-state index in [9.17, 15) is 0 Å². The molecule has 2 heterocycles. The molecule has 0 amide bonds. The van der Waals surface area contributed by atoms with Crippen molar-refractivity contribution in [2.24, 2.45) is 0 Å². The SMILES string of the molecule is Clc1cc2ncc(Oc3ccc(-c4nnco4)cc3)nc2cc1Cl. The summed E-state index contributed by atoms with van der Waals surface area (Å²) in [6, 6.07) is 10.5. The van der Waals surface area contributed by atoms with E-state index in [4.69, 9.17) is 32.4 Å². The van der Waals surface area contributed by atoms with Gasteiger partial charge in [-0.05, 0) is 36.4 Å². The lowest BCUT2D eigenvalue weighted by Gasteiger charge is -2.06. The van der Waals surface area contributed by atoms with Crippen molar-refractivity contribution in [3.05, 3.63) is 59.0 Å². The van der Waals surface area contributed by atoms with E-state index in [-0.39, 0.29) is 0 Å². The Bertz CT molecular complexity index is 1000. The Kier molecular flexibility index (Phi) is 3.76. The molecule has 0 aliphatic rings. The highest BCUT2D eigenvalue weighted by Crippen LogP contribution is 2.28. The smallest absolute Gasteiger partial charge is 0.247 e. The molecule has 24 heavy (non-hydrogen) atoms. The first-order chi connectivity index (χ1) is 11.7. The molecular formula is C16H8Cl2N4O2. The van der Waals surface area contributed by atoms with Crippen LogP contribution in [0.4, 0.5) is 0 Å². The van der Waals surface area contributed by atoms with Crippen molar-refractivity contribution < 1.29 is 9.15 Å². The lowest BCUT2D eigenvalue weighted by Crippen LogP contribution is -1.91. The van der Waals surface area contributed by atoms with Crippen molar-refractivity contribution in [3.63, 3.8) is 0 Å². The minimum atomic E-state index is 0.353. The third-order valence-electron chi connectivity index (χ3n) is 3.25. The Hall–Kier alpha value is -2.70. The van der Waals surface area contributed by atoms with Crippen LogP contribution in [0.5, 0.6) is 11.6 Å². The Balaban J connectivity index is 1.60. The van der Waals surface area contributed by atoms with Gasteiger partial charge in [0.2, 0.25) is 18.2 Å². The highest BCUT2D eigenvalue weighted by molar-refractivity contribution is 6.42. The Labute approximate surface area is 146 Å². The average Bonchev–Trinajstić information content (AvgIpc) is 3.11. The monoisotopic (exact) mass is 358 g/mol. The van der Waals surface area contributed by atoms with Crippen LogP contribution in [0.3, 0.4) is 0 Å². The second kappa shape index (κ2) is 6.07. The third kappa shape index (κ3) is 2.89. The van der Waals surface area contributed by atoms with E-state index in [2.05, 4.69) is 20.2 Å². The van der Waals surface area contributed by atoms with Crippen LogP contribution in [0.25, 0.3) is 22.5 Å². The van der Waals surface area contributed by atoms with Crippen molar-refractivity contribution in [1.82, 2.24) is 20.2 Å². The molecule has 0 fully saturated rings. The molecule has 0 aliphatic carbocycles. The van der Waals surface area contributed by atoms with E-state index in [1.807, 2.05) is 12.1 Å². The van der Waals surface area contributed by atoms with Gasteiger partial charge in [-0.25, -0.2) is 9.97 Å². The van der Waals surface area contributed by atoms with E-state index in [1.54, 1.807) is 24.3 Å². The van der Waals surface area contributed by atoms with Crippen molar-refractivity contribution in [3.8, 4) is 23.1 Å². The summed E-state index contributed by atoms with van der Waals surface area (Å²) in [6.07, 6.45) is 2.81. The summed E-state index contributed by atoms with van der Waals surface area (Å²) >= 11 is 12.0. The molecule has 118 valence electrons. The summed E-state index contributed by atoms with van der Waals surface area (Å²) in [4.78, 5) is 8.65. The topological polar surface area (TPSA) is 73.9 Å². The maximum Gasteiger partial charge on any atom is 0.247 e. The first-order valence-electron chi connectivity index (χ1n) is 6.85. The van der Waals surface area contributed by atoms with Crippen LogP contribution >= 0.6 is 23.2 Å². The second-order valence-electron chi connectivity index (χ2n) is 4.83. The van der Waals surface area contributed by atoms with Gasteiger partial charge in [0.1, 0.15) is 5.75 Å². The van der Waals surface area contributed by atoms with Crippen molar-refractivity contribution in [1.29, 1.82) is 0 Å². The van der Waals surface area contributed by atoms with Gasteiger partial charge in [-0.15, -0.1) is 10.2 Å². The lowest BCUT2D eigenvalue weighted by atomic mass is 10.2. The van der Waals surface area contributed by atoms with E-state index < -0.39 is 0 Å². The van der Waals surface area contributed by atoms with Gasteiger partial charge in [0.05, 0.1) is 27.3 Å². The average molecular weight is 359 g/mol. The van der Waals surface area contributed by atoms with Crippen LogP contribution in [0.1, 0.15) is 0 Å². The van der Waals surface area contributed by atoms with Crippen LogP contribution < -0.4 is 4.74 Å². The van der Waals surface area contributed by atoms with Crippen LogP contribution in [0.2, 0.25) is 10.0 Å². The van der Waals surface area contributed by atoms with Gasteiger partial charge in [0, 0.05) is 5.56 Å². The molecule has 0 spiro atoms. The fourth-order valence-electron chi connectivity index (χ4n) is 2.13. The first-order valence-corrected chi connectivity index (χ1v) is 7.61. The largest absolute Gasteiger partial charge is 0.437 e. The van der Waals surface area contributed by atoms with Gasteiger partial charge < -0.3 is 9.15 Å². The summed E-state index contributed by atoms with van der Waals surface area (Å²) in [6.45, 7) is 0. The number of benzene rings is 2. The predicted molar refractivity (Wildman–Crippen MR) is 89.4 cm³/mol. The number of ether oxygens (including phenoxy) is 1. The molecule has 0 bridgehead atoms. The normalized spacial score (nSPS) is 10.9. The quantitative estimate of drug-likeness (QED) is 0.524. The predicted octanol–water partition coefficient (Wildman–Crippen LogP) is 4.78. The van der Waals surface area contributed by atoms with Crippen molar-refractivity contribution >= 4 is 34.2 Å². The zero-order valence-corrected chi connectivity index (χ0v) is 13.5. The molecule has 4 rings (SSSR count). The molecule has 2 aromatic carbocycles. The molecule has 0 radical (unpaired) electrons. The summed E-state index contributed by atoms with van der Waals surface area (Å²) in [5.74, 6) is 1.40. The van der Waals surface area contributed by atoms with Crippen LogP contribution in [0.15, 0.2) is 53.4 Å². The zero-order valence-electron chi connectivity index (χ0n) is 12.0. The van der Waals surface area contributed by atoms with Gasteiger partial charge in [0.25, 0.3) is 0 Å². The minimum Gasteiger partial charge on any atom is -0.437 e. The third-order valence-corrected chi connectivity index (χ3v) is 3.97. The fourth-order valence-corrected chi connectivity index (χ4v) is 2.44. The van der Waals surface area contributed by atoms with Gasteiger partial charge in [-0.1, -0.05) is 23.2 Å². The molecule has 0 atom stereocenters. The summed E-state index contributed by atoms with van der Waals surface area (Å²) in [5.41, 5.74) is 2.04. The van der Waals surface area contributed by atoms with Crippen LogP contribution in [-0.4, -0.2) is 20.2 Å². The number of halogens is 2.